The zero-order chi connectivity index (χ0) is 44.5. The minimum Gasteiger partial charge on any atom is -0.426 e. The third kappa shape index (κ3) is 9.84. The first-order valence-corrected chi connectivity index (χ1v) is 23.9. The van der Waals surface area contributed by atoms with Gasteiger partial charge in [-0.3, -0.25) is 0 Å². The molecule has 0 aliphatic carbocycles. The van der Waals surface area contributed by atoms with E-state index in [0.29, 0.717) is 19.1 Å². The van der Waals surface area contributed by atoms with Gasteiger partial charge in [-0.1, -0.05) is 180 Å². The van der Waals surface area contributed by atoms with Gasteiger partial charge >= 0.3 is 16.8 Å². The van der Waals surface area contributed by atoms with E-state index in [1.165, 1.54) is 11.1 Å². The number of fused-ring (bicyclic) bond motifs is 3. The second-order valence-corrected chi connectivity index (χ2v) is 25.3. The Labute approximate surface area is 363 Å². The Morgan fingerprint density at radius 3 is 1.18 bits per heavy atom. The molecular formula is C52H72O6P2. The molecule has 8 heteroatoms. The summed E-state index contributed by atoms with van der Waals surface area (Å²) in [6, 6.07) is 22.1. The van der Waals surface area contributed by atoms with Crippen LogP contribution in [0.4, 0.5) is 0 Å². The van der Waals surface area contributed by atoms with Crippen molar-refractivity contribution in [2.45, 2.75) is 164 Å². The maximum absolute atomic E-state index is 7.51. The zero-order valence-corrected chi connectivity index (χ0v) is 41.9. The molecule has 0 spiro atoms. The van der Waals surface area contributed by atoms with Gasteiger partial charge < -0.3 is 26.5 Å². The third-order valence-corrected chi connectivity index (χ3v) is 13.4. The van der Waals surface area contributed by atoms with Crippen LogP contribution in [0.1, 0.15) is 165 Å². The van der Waals surface area contributed by atoms with Gasteiger partial charge in [-0.05, 0) is 55.7 Å². The smallest absolute Gasteiger partial charge is 0.426 e. The quantitative estimate of drug-likeness (QED) is 0.164. The summed E-state index contributed by atoms with van der Waals surface area (Å²) in [4.78, 5) is 0. The van der Waals surface area contributed by atoms with E-state index in [-0.39, 0.29) is 32.5 Å². The van der Waals surface area contributed by atoms with Crippen molar-refractivity contribution in [2.24, 2.45) is 5.92 Å². The molecule has 0 unspecified atom stereocenters. The van der Waals surface area contributed by atoms with Gasteiger partial charge in [0.25, 0.3) is 0 Å². The molecule has 6 nitrogen and oxygen atoms in total. The van der Waals surface area contributed by atoms with Gasteiger partial charge in [-0.25, -0.2) is 0 Å². The van der Waals surface area contributed by atoms with Crippen LogP contribution in [0.2, 0.25) is 0 Å². The molecule has 1 aliphatic heterocycles. The summed E-state index contributed by atoms with van der Waals surface area (Å²) in [6.45, 7) is 43.8. The highest BCUT2D eigenvalue weighted by Crippen LogP contribution is 2.55. The number of para-hydroxylation sites is 2. The average molecular weight is 855 g/mol. The first-order valence-electron chi connectivity index (χ1n) is 21.7. The van der Waals surface area contributed by atoms with Crippen LogP contribution in [0.3, 0.4) is 0 Å². The number of hydrogen-bond acceptors (Lipinski definition) is 6. The minimum atomic E-state index is -2.06. The van der Waals surface area contributed by atoms with Crippen LogP contribution in [0.15, 0.2) is 69.1 Å². The summed E-state index contributed by atoms with van der Waals surface area (Å²) < 4.78 is 41.5. The summed E-state index contributed by atoms with van der Waals surface area (Å²) in [5.74, 6) is 1.77. The van der Waals surface area contributed by atoms with Crippen molar-refractivity contribution in [3.63, 3.8) is 0 Å². The second-order valence-electron chi connectivity index (χ2n) is 23.2. The molecule has 60 heavy (non-hydrogen) atoms. The summed E-state index contributed by atoms with van der Waals surface area (Å²) in [5.41, 5.74) is 8.81. The SMILES string of the molecule is CC1COP(Oc2c(-c3cc(C(C)(C)C)cc(C(C)(C)C)c3Op3oc4c(C(C)(C)C)cccc4c4cccc(C(C)(C)C)c4o3)cc(C(C)(C)C)cc2C(C)(C)C)OC1. The molecule has 0 saturated carbocycles. The summed E-state index contributed by atoms with van der Waals surface area (Å²) in [7, 11) is -3.71. The molecule has 2 heterocycles. The standard InChI is InChI=1S/C52H72O6P2/c1-32-30-53-59(54-31-32)55-45-37(26-33(47(2,3)4)28-41(45)51(14,15)16)38-27-34(48(5,6)7)29-42(52(17,18)19)46(38)58-60-56-43-35(22-20-24-39(43)49(8,9)10)36-23-21-25-40(44(36)57-60)50(11,12)13/h20-29,32H,30-31H2,1-19H3. The van der Waals surface area contributed by atoms with Gasteiger partial charge in [0.1, 0.15) is 22.7 Å². The Kier molecular flexibility index (Phi) is 12.4. The molecule has 326 valence electrons. The lowest BCUT2D eigenvalue weighted by Gasteiger charge is -2.33. The van der Waals surface area contributed by atoms with E-state index in [4.69, 9.17) is 26.5 Å². The monoisotopic (exact) mass is 854 g/mol. The van der Waals surface area contributed by atoms with Gasteiger partial charge in [0, 0.05) is 50.1 Å². The fraction of sp³-hybridized carbons (Fsp3) is 0.538. The maximum atomic E-state index is 7.51. The van der Waals surface area contributed by atoms with Crippen molar-refractivity contribution in [1.29, 1.82) is 0 Å². The molecule has 1 aliphatic rings. The lowest BCUT2D eigenvalue weighted by atomic mass is 9.75. The van der Waals surface area contributed by atoms with Crippen LogP contribution in [-0.4, -0.2) is 13.2 Å². The molecule has 0 radical (unpaired) electrons. The molecule has 1 saturated heterocycles. The van der Waals surface area contributed by atoms with Crippen molar-refractivity contribution in [2.75, 3.05) is 13.2 Å². The van der Waals surface area contributed by atoms with E-state index in [9.17, 15) is 0 Å². The van der Waals surface area contributed by atoms with Crippen molar-refractivity contribution in [3.05, 3.63) is 94.0 Å². The highest BCUT2D eigenvalue weighted by molar-refractivity contribution is 7.42. The molecular weight excluding hydrogens is 783 g/mol. The largest absolute Gasteiger partial charge is 0.453 e. The summed E-state index contributed by atoms with van der Waals surface area (Å²) >= 11 is 0. The van der Waals surface area contributed by atoms with E-state index in [2.05, 4.69) is 192 Å². The van der Waals surface area contributed by atoms with Gasteiger partial charge in [-0.2, -0.15) is 0 Å². The Morgan fingerprint density at radius 2 is 0.833 bits per heavy atom. The molecule has 0 atom stereocenters. The van der Waals surface area contributed by atoms with Crippen LogP contribution in [0.25, 0.3) is 33.1 Å². The van der Waals surface area contributed by atoms with Crippen molar-refractivity contribution in [3.8, 4) is 22.6 Å². The molecule has 0 N–H and O–H groups in total. The molecule has 1 aromatic heterocycles. The van der Waals surface area contributed by atoms with Crippen LogP contribution in [0, 0.1) is 5.92 Å². The van der Waals surface area contributed by atoms with Gasteiger partial charge in [0.05, 0.1) is 13.2 Å². The fourth-order valence-corrected chi connectivity index (χ4v) is 10.0. The minimum absolute atomic E-state index is 0.168. The van der Waals surface area contributed by atoms with Crippen LogP contribution < -0.4 is 9.05 Å². The molecule has 5 aromatic rings. The van der Waals surface area contributed by atoms with E-state index in [0.717, 1.165) is 66.8 Å². The van der Waals surface area contributed by atoms with E-state index in [1.54, 1.807) is 0 Å². The molecule has 1 fully saturated rings. The third-order valence-electron chi connectivity index (χ3n) is 11.3. The Morgan fingerprint density at radius 1 is 0.467 bits per heavy atom. The Hall–Kier alpha value is -3.27. The van der Waals surface area contributed by atoms with Crippen LogP contribution in [0.5, 0.6) is 11.5 Å². The molecule has 0 amide bonds. The predicted molar refractivity (Wildman–Crippen MR) is 255 cm³/mol. The van der Waals surface area contributed by atoms with Crippen molar-refractivity contribution < 1.29 is 26.5 Å². The fourth-order valence-electron chi connectivity index (χ4n) is 7.58. The van der Waals surface area contributed by atoms with Crippen LogP contribution >= 0.6 is 16.8 Å². The van der Waals surface area contributed by atoms with Gasteiger partial charge in [0.2, 0.25) is 0 Å². The maximum Gasteiger partial charge on any atom is 0.453 e. The highest BCUT2D eigenvalue weighted by Gasteiger charge is 2.35. The summed E-state index contributed by atoms with van der Waals surface area (Å²) in [6.07, 6.45) is 0. The van der Waals surface area contributed by atoms with Crippen LogP contribution in [-0.2, 0) is 41.5 Å². The molecule has 4 aromatic carbocycles. The summed E-state index contributed by atoms with van der Waals surface area (Å²) in [5, 5.41) is 2.01. The second kappa shape index (κ2) is 16.1. The Bertz CT molecular complexity index is 2330. The van der Waals surface area contributed by atoms with Crippen molar-refractivity contribution in [1.82, 2.24) is 0 Å². The number of benzene rings is 4. The number of rotatable bonds is 5. The lowest BCUT2D eigenvalue weighted by Crippen LogP contribution is -2.21. The molecule has 0 bridgehead atoms. The molecule has 6 rings (SSSR count). The van der Waals surface area contributed by atoms with Gasteiger partial charge in [0.15, 0.2) is 0 Å². The Balaban J connectivity index is 1.80. The number of hydrogen-bond donors (Lipinski definition) is 0. The van der Waals surface area contributed by atoms with Gasteiger partial charge in [-0.15, -0.1) is 0 Å². The normalized spacial score (nSPS) is 17.3. The topological polar surface area (TPSA) is 63.2 Å². The van der Waals surface area contributed by atoms with E-state index < -0.39 is 16.8 Å². The van der Waals surface area contributed by atoms with Crippen molar-refractivity contribution >= 4 is 38.8 Å². The lowest BCUT2D eigenvalue weighted by molar-refractivity contribution is 0.102. The van der Waals surface area contributed by atoms with E-state index in [1.807, 2.05) is 0 Å². The highest BCUT2D eigenvalue weighted by atomic mass is 31.2. The first kappa shape index (κ1) is 46.2. The predicted octanol–water partition coefficient (Wildman–Crippen LogP) is 16.9. The zero-order valence-electron chi connectivity index (χ0n) is 40.1. The first-order chi connectivity index (χ1) is 27.4. The van der Waals surface area contributed by atoms with E-state index >= 15 is 0 Å². The average Bonchev–Trinajstić information content (AvgIpc) is 3.26.